The number of benzene rings is 1. The number of para-hydroxylation sites is 1. The first-order valence-corrected chi connectivity index (χ1v) is 9.45. The van der Waals surface area contributed by atoms with Crippen LogP contribution in [0, 0.1) is 5.92 Å². The molecule has 3 nitrogen and oxygen atoms in total. The van der Waals surface area contributed by atoms with Gasteiger partial charge in [-0.3, -0.25) is 4.79 Å². The summed E-state index contributed by atoms with van der Waals surface area (Å²) in [7, 11) is 0. The van der Waals surface area contributed by atoms with E-state index in [4.69, 9.17) is 0 Å². The molecule has 2 aliphatic rings. The van der Waals surface area contributed by atoms with Crippen molar-refractivity contribution in [2.75, 3.05) is 18.4 Å². The quantitative estimate of drug-likeness (QED) is 0.819. The maximum absolute atomic E-state index is 12.3. The Morgan fingerprint density at radius 1 is 1.13 bits per heavy atom. The van der Waals surface area contributed by atoms with Crippen molar-refractivity contribution < 1.29 is 4.79 Å². The molecule has 0 aromatic heterocycles. The Morgan fingerprint density at radius 3 is 2.57 bits per heavy atom. The molecule has 1 heterocycles. The first kappa shape index (κ1) is 18.6. The molecule has 2 fully saturated rings. The van der Waals surface area contributed by atoms with Crippen molar-refractivity contribution in [2.45, 2.75) is 55.1 Å². The van der Waals surface area contributed by atoms with Gasteiger partial charge in [0.05, 0.1) is 5.69 Å². The zero-order valence-electron chi connectivity index (χ0n) is 13.6. The second kappa shape index (κ2) is 9.55. The molecule has 1 aromatic rings. The van der Waals surface area contributed by atoms with Gasteiger partial charge in [-0.2, -0.15) is 0 Å². The summed E-state index contributed by atoms with van der Waals surface area (Å²) >= 11 is 1.94. The Hall–Kier alpha value is -0.710. The summed E-state index contributed by atoms with van der Waals surface area (Å²) in [4.78, 5) is 13.6. The lowest BCUT2D eigenvalue weighted by molar-refractivity contribution is -0.117. The summed E-state index contributed by atoms with van der Waals surface area (Å²) < 4.78 is 0. The van der Waals surface area contributed by atoms with Crippen molar-refractivity contribution in [1.29, 1.82) is 0 Å². The van der Waals surface area contributed by atoms with E-state index < -0.39 is 0 Å². The van der Waals surface area contributed by atoms with Gasteiger partial charge < -0.3 is 10.6 Å². The van der Waals surface area contributed by atoms with Gasteiger partial charge in [0.2, 0.25) is 5.91 Å². The number of carbonyl (C=O) groups excluding carboxylic acids is 1. The first-order chi connectivity index (χ1) is 10.8. The predicted molar refractivity (Wildman–Crippen MR) is 101 cm³/mol. The molecule has 0 radical (unpaired) electrons. The van der Waals surface area contributed by atoms with Crippen LogP contribution in [0.5, 0.6) is 0 Å². The number of nitrogens with one attached hydrogen (secondary N) is 2. The minimum atomic E-state index is 0. The SMILES string of the molecule is Cl.O=C(CC1CCNCC1)Nc1ccccc1SC1CCCC1. The lowest BCUT2D eigenvalue weighted by Gasteiger charge is -2.22. The normalized spacial score (nSPS) is 19.3. The average molecular weight is 355 g/mol. The minimum absolute atomic E-state index is 0. The van der Waals surface area contributed by atoms with Gasteiger partial charge in [0.25, 0.3) is 0 Å². The molecule has 0 unspecified atom stereocenters. The largest absolute Gasteiger partial charge is 0.325 e. The summed E-state index contributed by atoms with van der Waals surface area (Å²) in [6.07, 6.45) is 8.20. The van der Waals surface area contributed by atoms with Crippen LogP contribution < -0.4 is 10.6 Å². The summed E-state index contributed by atoms with van der Waals surface area (Å²) in [5.41, 5.74) is 0.998. The highest BCUT2D eigenvalue weighted by Gasteiger charge is 2.20. The number of amides is 1. The average Bonchev–Trinajstić information content (AvgIpc) is 3.03. The molecule has 2 N–H and O–H groups in total. The molecule has 1 saturated heterocycles. The fourth-order valence-electron chi connectivity index (χ4n) is 3.41. The number of rotatable bonds is 5. The van der Waals surface area contributed by atoms with Crippen molar-refractivity contribution in [3.8, 4) is 0 Å². The van der Waals surface area contributed by atoms with E-state index in [1.807, 2.05) is 23.9 Å². The number of thioether (sulfide) groups is 1. The van der Waals surface area contributed by atoms with Crippen molar-refractivity contribution in [1.82, 2.24) is 5.32 Å². The van der Waals surface area contributed by atoms with E-state index in [-0.39, 0.29) is 18.3 Å². The molecule has 3 rings (SSSR count). The number of halogens is 1. The van der Waals surface area contributed by atoms with E-state index in [1.165, 1.54) is 30.6 Å². The molecular formula is C18H27ClN2OS. The summed E-state index contributed by atoms with van der Waals surface area (Å²) in [6, 6.07) is 8.26. The van der Waals surface area contributed by atoms with Crippen LogP contribution in [0.3, 0.4) is 0 Å². The third kappa shape index (κ3) is 5.70. The van der Waals surface area contributed by atoms with Crippen LogP contribution in [0.2, 0.25) is 0 Å². The second-order valence-electron chi connectivity index (χ2n) is 6.47. The van der Waals surface area contributed by atoms with Crippen molar-refractivity contribution in [2.24, 2.45) is 5.92 Å². The molecular weight excluding hydrogens is 328 g/mol. The Bertz CT molecular complexity index is 500. The van der Waals surface area contributed by atoms with E-state index in [0.29, 0.717) is 12.3 Å². The molecule has 1 aliphatic heterocycles. The van der Waals surface area contributed by atoms with Crippen LogP contribution in [-0.4, -0.2) is 24.2 Å². The smallest absolute Gasteiger partial charge is 0.224 e. The van der Waals surface area contributed by atoms with Crippen LogP contribution >= 0.6 is 24.2 Å². The molecule has 1 aliphatic carbocycles. The van der Waals surface area contributed by atoms with Crippen molar-refractivity contribution in [3.63, 3.8) is 0 Å². The number of anilines is 1. The zero-order chi connectivity index (χ0) is 15.2. The van der Waals surface area contributed by atoms with Crippen LogP contribution in [0.25, 0.3) is 0 Å². The van der Waals surface area contributed by atoms with E-state index in [0.717, 1.165) is 36.9 Å². The molecule has 0 bridgehead atoms. The van der Waals surface area contributed by atoms with Crippen LogP contribution in [0.4, 0.5) is 5.69 Å². The Morgan fingerprint density at radius 2 is 1.83 bits per heavy atom. The Labute approximate surface area is 149 Å². The first-order valence-electron chi connectivity index (χ1n) is 8.57. The van der Waals surface area contributed by atoms with Gasteiger partial charge in [-0.1, -0.05) is 25.0 Å². The van der Waals surface area contributed by atoms with E-state index in [9.17, 15) is 4.79 Å². The van der Waals surface area contributed by atoms with Gasteiger partial charge in [0.1, 0.15) is 0 Å². The van der Waals surface area contributed by atoms with Crippen molar-refractivity contribution in [3.05, 3.63) is 24.3 Å². The second-order valence-corrected chi connectivity index (χ2v) is 7.81. The third-order valence-electron chi connectivity index (χ3n) is 4.69. The van der Waals surface area contributed by atoms with Gasteiger partial charge in [-0.15, -0.1) is 24.2 Å². The molecule has 0 spiro atoms. The van der Waals surface area contributed by atoms with Crippen molar-refractivity contribution >= 4 is 35.8 Å². The highest BCUT2D eigenvalue weighted by molar-refractivity contribution is 8.00. The fraction of sp³-hybridized carbons (Fsp3) is 0.611. The highest BCUT2D eigenvalue weighted by Crippen LogP contribution is 2.38. The molecule has 0 atom stereocenters. The topological polar surface area (TPSA) is 41.1 Å². The van der Waals surface area contributed by atoms with Gasteiger partial charge in [-0.05, 0) is 56.8 Å². The number of hydrogen-bond acceptors (Lipinski definition) is 3. The maximum Gasteiger partial charge on any atom is 0.224 e. The zero-order valence-corrected chi connectivity index (χ0v) is 15.2. The summed E-state index contributed by atoms with van der Waals surface area (Å²) in [6.45, 7) is 2.10. The summed E-state index contributed by atoms with van der Waals surface area (Å²) in [5, 5.41) is 7.23. The van der Waals surface area contributed by atoms with Crippen LogP contribution in [0.15, 0.2) is 29.2 Å². The van der Waals surface area contributed by atoms with Gasteiger partial charge in [0, 0.05) is 16.6 Å². The monoisotopic (exact) mass is 354 g/mol. The van der Waals surface area contributed by atoms with Gasteiger partial charge in [0.15, 0.2) is 0 Å². The standard InChI is InChI=1S/C18H26N2OS.ClH/c21-18(13-14-9-11-19-12-10-14)20-16-7-3-4-8-17(16)22-15-5-1-2-6-15;/h3-4,7-8,14-15,19H,1-2,5-6,9-13H2,(H,20,21);1H. The van der Waals surface area contributed by atoms with Gasteiger partial charge >= 0.3 is 0 Å². The minimum Gasteiger partial charge on any atom is -0.325 e. The molecule has 1 amide bonds. The van der Waals surface area contributed by atoms with E-state index in [2.05, 4.69) is 22.8 Å². The Balaban J connectivity index is 0.00000192. The number of carbonyl (C=O) groups is 1. The van der Waals surface area contributed by atoms with Crippen LogP contribution in [0.1, 0.15) is 44.9 Å². The molecule has 1 aromatic carbocycles. The predicted octanol–water partition coefficient (Wildman–Crippen LogP) is 4.47. The van der Waals surface area contributed by atoms with Crippen LogP contribution in [-0.2, 0) is 4.79 Å². The number of hydrogen-bond donors (Lipinski definition) is 2. The number of piperidine rings is 1. The molecule has 23 heavy (non-hydrogen) atoms. The lowest BCUT2D eigenvalue weighted by atomic mass is 9.94. The molecule has 128 valence electrons. The fourth-order valence-corrected chi connectivity index (χ4v) is 4.74. The summed E-state index contributed by atoms with van der Waals surface area (Å²) in [5.74, 6) is 0.710. The Kier molecular flexibility index (Phi) is 7.74. The molecule has 1 saturated carbocycles. The van der Waals surface area contributed by atoms with Gasteiger partial charge in [-0.25, -0.2) is 0 Å². The molecule has 5 heteroatoms. The third-order valence-corrected chi connectivity index (χ3v) is 6.10. The lowest BCUT2D eigenvalue weighted by Crippen LogP contribution is -2.30. The maximum atomic E-state index is 12.3. The van der Waals surface area contributed by atoms with E-state index >= 15 is 0 Å². The van der Waals surface area contributed by atoms with E-state index in [1.54, 1.807) is 0 Å². The highest BCUT2D eigenvalue weighted by atomic mass is 35.5.